The van der Waals surface area contributed by atoms with E-state index in [4.69, 9.17) is 5.11 Å². The predicted molar refractivity (Wildman–Crippen MR) is 77.0 cm³/mol. The monoisotopic (exact) mass is 251 g/mol. The summed E-state index contributed by atoms with van der Waals surface area (Å²) in [7, 11) is 0. The maximum Gasteiger partial charge on any atom is 0.335 e. The molecule has 0 aliphatic rings. The number of para-hydroxylation sites is 1. The molecule has 0 unspecified atom stereocenters. The molecule has 0 bridgehead atoms. The van der Waals surface area contributed by atoms with Crippen molar-refractivity contribution < 1.29 is 9.90 Å². The van der Waals surface area contributed by atoms with Gasteiger partial charge in [-0.1, -0.05) is 36.4 Å². The van der Waals surface area contributed by atoms with E-state index in [1.165, 1.54) is 0 Å². The molecule has 2 aromatic rings. The number of rotatable bonds is 4. The third kappa shape index (κ3) is 3.92. The lowest BCUT2D eigenvalue weighted by Crippen LogP contribution is -1.94. The van der Waals surface area contributed by atoms with Crippen molar-refractivity contribution in [3.8, 4) is 0 Å². The lowest BCUT2D eigenvalue weighted by Gasteiger charge is -1.95. The highest BCUT2D eigenvalue weighted by atomic mass is 16.4. The lowest BCUT2D eigenvalue weighted by atomic mass is 10.1. The lowest BCUT2D eigenvalue weighted by molar-refractivity contribution is 0.0697. The summed E-state index contributed by atoms with van der Waals surface area (Å²) < 4.78 is 0. The van der Waals surface area contributed by atoms with E-state index in [0.717, 1.165) is 11.3 Å². The van der Waals surface area contributed by atoms with Crippen molar-refractivity contribution in [2.75, 3.05) is 0 Å². The van der Waals surface area contributed by atoms with Crippen LogP contribution in [-0.2, 0) is 0 Å². The van der Waals surface area contributed by atoms with Crippen LogP contribution in [0.2, 0.25) is 0 Å². The van der Waals surface area contributed by atoms with Crippen molar-refractivity contribution >= 4 is 23.9 Å². The Morgan fingerprint density at radius 1 is 1.00 bits per heavy atom. The number of aromatic carboxylic acids is 1. The zero-order valence-corrected chi connectivity index (χ0v) is 10.2. The molecule has 0 aromatic heterocycles. The standard InChI is InChI=1S/C16H13NO2/c18-16(19)14-10-8-13(9-11-14)5-4-12-17-15-6-2-1-3-7-15/h1-12H,(H,18,19)/b5-4+,17-12+. The van der Waals surface area contributed by atoms with E-state index < -0.39 is 5.97 Å². The van der Waals surface area contributed by atoms with Gasteiger partial charge in [0.1, 0.15) is 0 Å². The van der Waals surface area contributed by atoms with E-state index in [1.807, 2.05) is 42.5 Å². The Balaban J connectivity index is 1.99. The van der Waals surface area contributed by atoms with Crippen LogP contribution in [0, 0.1) is 0 Å². The van der Waals surface area contributed by atoms with Crippen molar-refractivity contribution in [2.45, 2.75) is 0 Å². The minimum Gasteiger partial charge on any atom is -0.478 e. The molecule has 0 saturated carbocycles. The second kappa shape index (κ2) is 6.31. The van der Waals surface area contributed by atoms with E-state index >= 15 is 0 Å². The van der Waals surface area contributed by atoms with Crippen LogP contribution in [-0.4, -0.2) is 17.3 Å². The zero-order valence-electron chi connectivity index (χ0n) is 10.2. The van der Waals surface area contributed by atoms with Gasteiger partial charge in [-0.25, -0.2) is 4.79 Å². The SMILES string of the molecule is O=C(O)c1ccc(/C=C/C=N/c2ccccc2)cc1. The van der Waals surface area contributed by atoms with E-state index in [-0.39, 0.29) is 5.56 Å². The number of aliphatic imine (C=N–C) groups is 1. The first kappa shape index (κ1) is 12.8. The quantitative estimate of drug-likeness (QED) is 0.840. The second-order valence-electron chi connectivity index (χ2n) is 3.90. The Kier molecular flexibility index (Phi) is 4.24. The van der Waals surface area contributed by atoms with E-state index in [0.29, 0.717) is 0 Å². The summed E-state index contributed by atoms with van der Waals surface area (Å²) in [4.78, 5) is 15.0. The molecule has 2 rings (SSSR count). The molecule has 2 aromatic carbocycles. The summed E-state index contributed by atoms with van der Waals surface area (Å²) in [6.07, 6.45) is 5.40. The van der Waals surface area contributed by atoms with Crippen molar-refractivity contribution in [1.29, 1.82) is 0 Å². The maximum atomic E-state index is 10.7. The van der Waals surface area contributed by atoms with Crippen LogP contribution in [0.15, 0.2) is 65.7 Å². The van der Waals surface area contributed by atoms with Gasteiger partial charge >= 0.3 is 5.97 Å². The van der Waals surface area contributed by atoms with E-state index in [1.54, 1.807) is 30.5 Å². The first-order chi connectivity index (χ1) is 9.25. The fourth-order valence-electron chi connectivity index (χ4n) is 1.53. The van der Waals surface area contributed by atoms with Gasteiger partial charge in [0.05, 0.1) is 11.3 Å². The minimum atomic E-state index is -0.916. The van der Waals surface area contributed by atoms with Gasteiger partial charge in [-0.15, -0.1) is 0 Å². The summed E-state index contributed by atoms with van der Waals surface area (Å²) in [5.74, 6) is -0.916. The number of nitrogens with zero attached hydrogens (tertiary/aromatic N) is 1. The average Bonchev–Trinajstić information content (AvgIpc) is 2.45. The average molecular weight is 251 g/mol. The van der Waals surface area contributed by atoms with Crippen LogP contribution in [0.25, 0.3) is 6.08 Å². The van der Waals surface area contributed by atoms with Crippen LogP contribution >= 0.6 is 0 Å². The van der Waals surface area contributed by atoms with Gasteiger partial charge in [0.15, 0.2) is 0 Å². The molecule has 3 nitrogen and oxygen atoms in total. The summed E-state index contributed by atoms with van der Waals surface area (Å²) in [5, 5.41) is 8.78. The zero-order chi connectivity index (χ0) is 13.5. The fourth-order valence-corrected chi connectivity index (χ4v) is 1.53. The molecule has 0 atom stereocenters. The number of hydrogen-bond donors (Lipinski definition) is 1. The third-order valence-corrected chi connectivity index (χ3v) is 2.51. The second-order valence-corrected chi connectivity index (χ2v) is 3.90. The molecule has 3 heteroatoms. The van der Waals surface area contributed by atoms with Crippen LogP contribution in [0.5, 0.6) is 0 Å². The molecule has 0 fully saturated rings. The summed E-state index contributed by atoms with van der Waals surface area (Å²) in [5.41, 5.74) is 2.12. The fraction of sp³-hybridized carbons (Fsp3) is 0. The number of carbonyl (C=O) groups is 1. The molecular formula is C16H13NO2. The topological polar surface area (TPSA) is 49.7 Å². The molecule has 0 radical (unpaired) electrons. The van der Waals surface area contributed by atoms with Gasteiger partial charge in [-0.3, -0.25) is 4.99 Å². The van der Waals surface area contributed by atoms with Crippen molar-refractivity contribution in [1.82, 2.24) is 0 Å². The van der Waals surface area contributed by atoms with Crippen molar-refractivity contribution in [3.05, 3.63) is 71.8 Å². The summed E-state index contributed by atoms with van der Waals surface area (Å²) in [6.45, 7) is 0. The van der Waals surface area contributed by atoms with Crippen LogP contribution in [0.3, 0.4) is 0 Å². The Morgan fingerprint density at radius 3 is 2.32 bits per heavy atom. The number of carboxylic acid groups (broad SMARTS) is 1. The summed E-state index contributed by atoms with van der Waals surface area (Å²) in [6, 6.07) is 16.3. The molecule has 94 valence electrons. The first-order valence-electron chi connectivity index (χ1n) is 5.85. The molecule has 1 N–H and O–H groups in total. The maximum absolute atomic E-state index is 10.7. The van der Waals surface area contributed by atoms with Gasteiger partial charge in [0.2, 0.25) is 0 Å². The number of allylic oxidation sites excluding steroid dienone is 1. The molecule has 0 heterocycles. The molecule has 0 spiro atoms. The number of carboxylic acids is 1. The van der Waals surface area contributed by atoms with Gasteiger partial charge in [0, 0.05) is 6.21 Å². The molecule has 0 amide bonds. The summed E-state index contributed by atoms with van der Waals surface area (Å²) >= 11 is 0. The third-order valence-electron chi connectivity index (χ3n) is 2.51. The van der Waals surface area contributed by atoms with Gasteiger partial charge in [-0.05, 0) is 35.9 Å². The Morgan fingerprint density at radius 2 is 1.68 bits per heavy atom. The smallest absolute Gasteiger partial charge is 0.335 e. The first-order valence-corrected chi connectivity index (χ1v) is 5.85. The van der Waals surface area contributed by atoms with Gasteiger partial charge in [-0.2, -0.15) is 0 Å². The van der Waals surface area contributed by atoms with Gasteiger partial charge in [0.25, 0.3) is 0 Å². The van der Waals surface area contributed by atoms with Gasteiger partial charge < -0.3 is 5.11 Å². The van der Waals surface area contributed by atoms with Crippen molar-refractivity contribution in [2.24, 2.45) is 4.99 Å². The van der Waals surface area contributed by atoms with E-state index in [2.05, 4.69) is 4.99 Å². The molecule has 0 aliphatic heterocycles. The Bertz CT molecular complexity index is 598. The molecule has 0 aliphatic carbocycles. The highest BCUT2D eigenvalue weighted by Gasteiger charge is 1.99. The normalized spacial score (nSPS) is 11.2. The van der Waals surface area contributed by atoms with Crippen molar-refractivity contribution in [3.63, 3.8) is 0 Å². The largest absolute Gasteiger partial charge is 0.478 e. The number of benzene rings is 2. The highest BCUT2D eigenvalue weighted by molar-refractivity contribution is 5.88. The molecular weight excluding hydrogens is 238 g/mol. The highest BCUT2D eigenvalue weighted by Crippen LogP contribution is 2.09. The Hall–Kier alpha value is -2.68. The predicted octanol–water partition coefficient (Wildman–Crippen LogP) is 3.80. The molecule has 19 heavy (non-hydrogen) atoms. The van der Waals surface area contributed by atoms with Crippen LogP contribution in [0.4, 0.5) is 5.69 Å². The van der Waals surface area contributed by atoms with Crippen LogP contribution in [0.1, 0.15) is 15.9 Å². The molecule has 0 saturated heterocycles. The number of hydrogen-bond acceptors (Lipinski definition) is 2. The minimum absolute atomic E-state index is 0.287. The Labute approximate surface area is 111 Å². The van der Waals surface area contributed by atoms with E-state index in [9.17, 15) is 4.79 Å². The van der Waals surface area contributed by atoms with Crippen LogP contribution < -0.4 is 0 Å².